The zero-order chi connectivity index (χ0) is 35.5. The molecule has 0 aliphatic heterocycles. The number of ketones is 1. The van der Waals surface area contributed by atoms with Gasteiger partial charge in [-0.25, -0.2) is 0 Å². The number of aliphatic carboxylic acids is 1. The fourth-order valence-corrected chi connectivity index (χ4v) is 5.73. The highest BCUT2D eigenvalue weighted by Crippen LogP contribution is 2.40. The predicted octanol–water partition coefficient (Wildman–Crippen LogP) is 8.56. The van der Waals surface area contributed by atoms with Crippen LogP contribution in [-0.4, -0.2) is 52.9 Å². The standard InChI is InChI=1S/C20H40O.C16H19F3N2O4/c1-17(2)9-6-10-18(3)11-7-12-19(4)13-8-14-20(5)15-16-21;1-10(2)15(11(3)22,14(25)20-9-13(23)24)21(16(17,18)19)12-7-5-4-6-8-12/h15,17-19,21H,6-14,16H2,1-5H3;4-8,10H,9H2,1-3H3,(H,20,25)(H,23,24)/t18-,19-;/m1./s1. The summed E-state index contributed by atoms with van der Waals surface area (Å²) in [4.78, 5) is 35.3. The summed E-state index contributed by atoms with van der Waals surface area (Å²) in [6, 6.07) is 6.42. The number of rotatable bonds is 20. The molecule has 7 nitrogen and oxygen atoms in total. The quantitative estimate of drug-likeness (QED) is 0.0738. The van der Waals surface area contributed by atoms with Crippen molar-refractivity contribution in [2.45, 2.75) is 125 Å². The summed E-state index contributed by atoms with van der Waals surface area (Å²) in [5.74, 6) is -2.28. The second-order valence-electron chi connectivity index (χ2n) is 13.3. The molecule has 0 aromatic heterocycles. The molecular formula is C36H59F3N2O5. The number of amides is 1. The van der Waals surface area contributed by atoms with Crippen LogP contribution in [0.15, 0.2) is 42.0 Å². The van der Waals surface area contributed by atoms with Crippen molar-refractivity contribution in [2.24, 2.45) is 23.7 Å². The number of allylic oxidation sites excluding steroid dienone is 1. The molecule has 264 valence electrons. The minimum atomic E-state index is -5.06. The number of nitrogens with zero attached hydrogens (tertiary/aromatic N) is 1. The number of anilines is 1. The van der Waals surface area contributed by atoms with Gasteiger partial charge in [-0.05, 0) is 62.5 Å². The SMILES string of the molecule is CC(=CCO)CCC[C@H](C)CCC[C@H](C)CCCC(C)C.CC(=O)C(C(=O)NCC(=O)O)(C(C)C)N(c1ccccc1)C(F)(F)F. The normalized spacial score (nSPS) is 14.6. The molecule has 0 saturated heterocycles. The average molecular weight is 657 g/mol. The number of nitrogens with one attached hydrogen (secondary N) is 1. The summed E-state index contributed by atoms with van der Waals surface area (Å²) in [7, 11) is 0. The monoisotopic (exact) mass is 656 g/mol. The van der Waals surface area contributed by atoms with E-state index in [1.54, 1.807) is 0 Å². The lowest BCUT2D eigenvalue weighted by Gasteiger charge is -2.45. The summed E-state index contributed by atoms with van der Waals surface area (Å²) in [5, 5.41) is 19.4. The first kappa shape index (κ1) is 43.1. The Balaban J connectivity index is 0.000000896. The summed E-state index contributed by atoms with van der Waals surface area (Å²) >= 11 is 0. The van der Waals surface area contributed by atoms with E-state index < -0.39 is 47.6 Å². The molecule has 0 aliphatic rings. The number of halogens is 3. The fraction of sp³-hybridized carbons (Fsp3) is 0.694. The molecule has 3 atom stereocenters. The van der Waals surface area contributed by atoms with Crippen LogP contribution in [0.5, 0.6) is 0 Å². The third kappa shape index (κ3) is 15.6. The summed E-state index contributed by atoms with van der Waals surface area (Å²) in [5.41, 5.74) is -1.71. The number of aliphatic hydroxyl groups excluding tert-OH is 1. The molecular weight excluding hydrogens is 597 g/mol. The molecule has 0 radical (unpaired) electrons. The largest absolute Gasteiger partial charge is 0.486 e. The molecule has 1 unspecified atom stereocenters. The minimum Gasteiger partial charge on any atom is -0.480 e. The zero-order valence-electron chi connectivity index (χ0n) is 29.3. The van der Waals surface area contributed by atoms with E-state index in [4.69, 9.17) is 10.2 Å². The van der Waals surface area contributed by atoms with Crippen LogP contribution in [0.2, 0.25) is 0 Å². The predicted molar refractivity (Wildman–Crippen MR) is 179 cm³/mol. The Bertz CT molecular complexity index is 1060. The second kappa shape index (κ2) is 21.8. The van der Waals surface area contributed by atoms with Crippen LogP contribution in [0.1, 0.15) is 113 Å². The molecule has 1 aromatic rings. The number of carbonyl (C=O) groups is 3. The third-order valence-corrected chi connectivity index (χ3v) is 8.32. The van der Waals surface area contributed by atoms with Crippen molar-refractivity contribution in [2.75, 3.05) is 18.1 Å². The molecule has 1 amide bonds. The van der Waals surface area contributed by atoms with Crippen LogP contribution in [0.4, 0.5) is 18.9 Å². The Hall–Kier alpha value is -2.88. The Morgan fingerprint density at radius 3 is 1.76 bits per heavy atom. The molecule has 0 aliphatic carbocycles. The van der Waals surface area contributed by atoms with Gasteiger partial charge in [0.1, 0.15) is 6.54 Å². The number of alkyl halides is 3. The number of hydrogen-bond donors (Lipinski definition) is 3. The van der Waals surface area contributed by atoms with Gasteiger partial charge < -0.3 is 15.5 Å². The lowest BCUT2D eigenvalue weighted by Crippen LogP contribution is -2.70. The van der Waals surface area contributed by atoms with Crippen molar-refractivity contribution in [1.29, 1.82) is 0 Å². The lowest BCUT2D eigenvalue weighted by atomic mass is 9.79. The topological polar surface area (TPSA) is 107 Å². The number of carbonyl (C=O) groups excluding carboxylic acids is 2. The lowest BCUT2D eigenvalue weighted by molar-refractivity contribution is -0.164. The van der Waals surface area contributed by atoms with Gasteiger partial charge in [0.05, 0.1) is 6.61 Å². The molecule has 0 bridgehead atoms. The van der Waals surface area contributed by atoms with Crippen molar-refractivity contribution < 1.29 is 37.8 Å². The number of aliphatic hydroxyl groups is 1. The Morgan fingerprint density at radius 2 is 1.35 bits per heavy atom. The van der Waals surface area contributed by atoms with E-state index in [0.717, 1.165) is 43.2 Å². The molecule has 1 rings (SSSR count). The first-order valence-corrected chi connectivity index (χ1v) is 16.6. The van der Waals surface area contributed by atoms with E-state index in [9.17, 15) is 27.6 Å². The van der Waals surface area contributed by atoms with E-state index in [2.05, 4.69) is 34.6 Å². The van der Waals surface area contributed by atoms with Gasteiger partial charge in [-0.1, -0.05) is 116 Å². The molecule has 0 saturated carbocycles. The van der Waals surface area contributed by atoms with E-state index in [0.29, 0.717) is 0 Å². The Morgan fingerprint density at radius 1 is 0.848 bits per heavy atom. The maximum absolute atomic E-state index is 13.9. The highest BCUT2D eigenvalue weighted by Gasteiger charge is 2.60. The van der Waals surface area contributed by atoms with Crippen LogP contribution < -0.4 is 10.2 Å². The van der Waals surface area contributed by atoms with Gasteiger partial charge >= 0.3 is 12.3 Å². The first-order valence-electron chi connectivity index (χ1n) is 16.6. The van der Waals surface area contributed by atoms with E-state index in [-0.39, 0.29) is 11.5 Å². The highest BCUT2D eigenvalue weighted by atomic mass is 19.4. The van der Waals surface area contributed by atoms with Crippen LogP contribution >= 0.6 is 0 Å². The van der Waals surface area contributed by atoms with Crippen molar-refractivity contribution in [3.63, 3.8) is 0 Å². The van der Waals surface area contributed by atoms with Gasteiger partial charge in [0.15, 0.2) is 11.3 Å². The van der Waals surface area contributed by atoms with Crippen molar-refractivity contribution >= 4 is 23.3 Å². The summed E-state index contributed by atoms with van der Waals surface area (Å²) in [6.07, 6.45) is 9.03. The van der Waals surface area contributed by atoms with Crippen molar-refractivity contribution in [3.8, 4) is 0 Å². The number of para-hydroxylation sites is 1. The summed E-state index contributed by atoms with van der Waals surface area (Å²) in [6.45, 7) is 14.3. The van der Waals surface area contributed by atoms with E-state index in [1.165, 1.54) is 89.0 Å². The Labute approximate surface area is 275 Å². The number of carboxylic acids is 1. The van der Waals surface area contributed by atoms with Gasteiger partial charge in [0.2, 0.25) is 0 Å². The number of Topliss-reactive ketones (excluding diaryl/α,β-unsaturated/α-hetero) is 1. The average Bonchev–Trinajstić information content (AvgIpc) is 2.94. The fourth-order valence-electron chi connectivity index (χ4n) is 5.73. The highest BCUT2D eigenvalue weighted by molar-refractivity contribution is 6.13. The second-order valence-corrected chi connectivity index (χ2v) is 13.3. The van der Waals surface area contributed by atoms with Gasteiger partial charge in [-0.3, -0.25) is 19.3 Å². The molecule has 0 heterocycles. The number of benzene rings is 1. The van der Waals surface area contributed by atoms with Gasteiger partial charge in [0, 0.05) is 5.69 Å². The molecule has 3 N–H and O–H groups in total. The van der Waals surface area contributed by atoms with Crippen LogP contribution in [0.3, 0.4) is 0 Å². The zero-order valence-corrected chi connectivity index (χ0v) is 29.3. The van der Waals surface area contributed by atoms with Gasteiger partial charge in [-0.15, -0.1) is 0 Å². The van der Waals surface area contributed by atoms with Crippen molar-refractivity contribution in [1.82, 2.24) is 5.32 Å². The minimum absolute atomic E-state index is 0.191. The van der Waals surface area contributed by atoms with Crippen LogP contribution in [-0.2, 0) is 14.4 Å². The van der Waals surface area contributed by atoms with E-state index in [1.807, 2.05) is 11.4 Å². The van der Waals surface area contributed by atoms with Gasteiger partial charge in [-0.2, -0.15) is 13.2 Å². The summed E-state index contributed by atoms with van der Waals surface area (Å²) < 4.78 is 41.6. The molecule has 1 aromatic carbocycles. The smallest absolute Gasteiger partial charge is 0.480 e. The van der Waals surface area contributed by atoms with E-state index >= 15 is 0 Å². The number of carboxylic acid groups (broad SMARTS) is 1. The van der Waals surface area contributed by atoms with Gasteiger partial charge in [0.25, 0.3) is 5.91 Å². The Kier molecular flexibility index (Phi) is 20.5. The molecule has 0 fully saturated rings. The molecule has 0 spiro atoms. The maximum atomic E-state index is 13.9. The first-order chi connectivity index (χ1) is 21.4. The van der Waals surface area contributed by atoms with Crippen LogP contribution in [0.25, 0.3) is 0 Å². The number of hydrogen-bond acceptors (Lipinski definition) is 5. The molecule has 46 heavy (non-hydrogen) atoms. The van der Waals surface area contributed by atoms with Crippen molar-refractivity contribution in [3.05, 3.63) is 42.0 Å². The molecule has 10 heteroatoms. The maximum Gasteiger partial charge on any atom is 0.486 e. The third-order valence-electron chi connectivity index (χ3n) is 8.32. The van der Waals surface area contributed by atoms with Crippen LogP contribution in [0, 0.1) is 23.7 Å².